The van der Waals surface area contributed by atoms with E-state index in [2.05, 4.69) is 33.3 Å². The maximum absolute atomic E-state index is 12.7. The van der Waals surface area contributed by atoms with Crippen LogP contribution in [0, 0.1) is 6.92 Å². The first-order valence-corrected chi connectivity index (χ1v) is 11.5. The lowest BCUT2D eigenvalue weighted by Gasteiger charge is -2.37. The minimum Gasteiger partial charge on any atom is -0.497 e. The van der Waals surface area contributed by atoms with E-state index in [0.717, 1.165) is 34.9 Å². The summed E-state index contributed by atoms with van der Waals surface area (Å²) in [5, 5.41) is 17.3. The van der Waals surface area contributed by atoms with Crippen molar-refractivity contribution in [1.29, 1.82) is 0 Å². The van der Waals surface area contributed by atoms with Crippen molar-refractivity contribution in [3.63, 3.8) is 0 Å². The minimum absolute atomic E-state index is 0.128. The number of carbonyl (C=O) groups is 1. The number of carbonyl (C=O) groups excluding carboxylic acids is 1. The second kappa shape index (κ2) is 9.94. The molecule has 2 atom stereocenters. The van der Waals surface area contributed by atoms with Crippen LogP contribution < -0.4 is 31.1 Å². The number of anilines is 2. The summed E-state index contributed by atoms with van der Waals surface area (Å²) in [6.07, 6.45) is 1.80. The summed E-state index contributed by atoms with van der Waals surface area (Å²) in [7, 11) is 1.62. The van der Waals surface area contributed by atoms with E-state index in [1.807, 2.05) is 43.3 Å². The Morgan fingerprint density at radius 2 is 1.97 bits per heavy atom. The van der Waals surface area contributed by atoms with Gasteiger partial charge in [-0.2, -0.15) is 0 Å². The smallest absolute Gasteiger partial charge is 0.252 e. The molecule has 2 unspecified atom stereocenters. The lowest BCUT2D eigenvalue weighted by molar-refractivity contribution is -0.142. The van der Waals surface area contributed by atoms with Crippen LogP contribution in [0.5, 0.6) is 5.75 Å². The summed E-state index contributed by atoms with van der Waals surface area (Å²) in [5.74, 6) is 2.12. The predicted octanol–water partition coefficient (Wildman–Crippen LogP) is 1.67. The van der Waals surface area contributed by atoms with Gasteiger partial charge in [-0.3, -0.25) is 10.2 Å². The van der Waals surface area contributed by atoms with Gasteiger partial charge in [-0.1, -0.05) is 12.1 Å². The van der Waals surface area contributed by atoms with Gasteiger partial charge in [0.05, 0.1) is 13.3 Å². The number of benzene rings is 1. The molecule has 1 aromatic heterocycles. The number of aromatic nitrogens is 1. The number of amides is 1. The van der Waals surface area contributed by atoms with Crippen LogP contribution in [0.15, 0.2) is 36.4 Å². The number of aryl methyl sites for hydroxylation is 1. The van der Waals surface area contributed by atoms with E-state index in [9.17, 15) is 9.90 Å². The van der Waals surface area contributed by atoms with Crippen LogP contribution in [-0.2, 0) is 11.3 Å². The first-order chi connectivity index (χ1) is 15.8. The van der Waals surface area contributed by atoms with Crippen LogP contribution in [0.4, 0.5) is 11.6 Å². The summed E-state index contributed by atoms with van der Waals surface area (Å²) in [6.45, 7) is 5.66. The minimum atomic E-state index is -1.37. The Balaban J connectivity index is 1.33. The summed E-state index contributed by atoms with van der Waals surface area (Å²) in [6, 6.07) is 12.0. The number of methoxy groups -OCH3 is 1. The number of ether oxygens (including phenoxy) is 1. The molecular formula is C24H34N6O3. The van der Waals surface area contributed by atoms with Gasteiger partial charge in [0.2, 0.25) is 0 Å². The number of hydrogen-bond acceptors (Lipinski definition) is 8. The zero-order valence-corrected chi connectivity index (χ0v) is 19.5. The molecule has 0 aliphatic carbocycles. The lowest BCUT2D eigenvalue weighted by atomic mass is 9.90. The monoisotopic (exact) mass is 454 g/mol. The molecule has 1 aromatic carbocycles. The highest BCUT2D eigenvalue weighted by molar-refractivity contribution is 5.85. The van der Waals surface area contributed by atoms with Crippen LogP contribution in [0.25, 0.3) is 0 Å². The molecule has 2 aliphatic heterocycles. The van der Waals surface area contributed by atoms with Crippen molar-refractivity contribution >= 4 is 17.5 Å². The number of nitrogens with zero attached hydrogens (tertiary/aromatic N) is 2. The van der Waals surface area contributed by atoms with E-state index >= 15 is 0 Å². The molecule has 0 radical (unpaired) electrons. The maximum atomic E-state index is 12.7. The Labute approximate surface area is 194 Å². The number of hydrogen-bond donors (Lipinski definition) is 5. The van der Waals surface area contributed by atoms with E-state index in [4.69, 9.17) is 9.72 Å². The van der Waals surface area contributed by atoms with Crippen LogP contribution in [0.3, 0.4) is 0 Å². The molecule has 0 bridgehead atoms. The Morgan fingerprint density at radius 3 is 2.61 bits per heavy atom. The SMILES string of the molecule is COc1ccc(CNC(=O)C2(O)CCN(c3cc(C)cc(NC4CC(C)NN4)n3)CC2)cc1. The topological polar surface area (TPSA) is 111 Å². The molecule has 178 valence electrons. The molecule has 9 heteroatoms. The number of hydrazine groups is 1. The van der Waals surface area contributed by atoms with Gasteiger partial charge in [-0.15, -0.1) is 0 Å². The Morgan fingerprint density at radius 1 is 1.24 bits per heavy atom. The largest absolute Gasteiger partial charge is 0.497 e. The number of aliphatic hydroxyl groups is 1. The van der Waals surface area contributed by atoms with Crippen LogP contribution in [-0.4, -0.2) is 54.0 Å². The lowest BCUT2D eigenvalue weighted by Crippen LogP contribution is -2.53. The second-order valence-corrected chi connectivity index (χ2v) is 9.06. The molecule has 2 saturated heterocycles. The quantitative estimate of drug-likeness (QED) is 0.430. The highest BCUT2D eigenvalue weighted by atomic mass is 16.5. The van der Waals surface area contributed by atoms with Crippen molar-refractivity contribution in [3.8, 4) is 5.75 Å². The van der Waals surface area contributed by atoms with Gasteiger partial charge in [-0.25, -0.2) is 10.4 Å². The molecule has 2 aliphatic rings. The number of piperidine rings is 1. The van der Waals surface area contributed by atoms with E-state index < -0.39 is 5.60 Å². The molecule has 2 fully saturated rings. The van der Waals surface area contributed by atoms with Crippen molar-refractivity contribution in [1.82, 2.24) is 21.2 Å². The first-order valence-electron chi connectivity index (χ1n) is 11.5. The Kier molecular flexibility index (Phi) is 7.02. The van der Waals surface area contributed by atoms with Gasteiger partial charge in [-0.05, 0) is 55.7 Å². The molecule has 2 aromatic rings. The molecule has 0 spiro atoms. The van der Waals surface area contributed by atoms with Crippen LogP contribution in [0.1, 0.15) is 37.3 Å². The first kappa shape index (κ1) is 23.3. The molecule has 9 nitrogen and oxygen atoms in total. The van der Waals surface area contributed by atoms with Crippen molar-refractivity contribution in [3.05, 3.63) is 47.5 Å². The van der Waals surface area contributed by atoms with Gasteiger partial charge in [0.1, 0.15) is 23.0 Å². The van der Waals surface area contributed by atoms with Gasteiger partial charge >= 0.3 is 0 Å². The van der Waals surface area contributed by atoms with Crippen LogP contribution in [0.2, 0.25) is 0 Å². The maximum Gasteiger partial charge on any atom is 0.252 e. The van der Waals surface area contributed by atoms with Crippen molar-refractivity contribution in [2.24, 2.45) is 0 Å². The van der Waals surface area contributed by atoms with Crippen molar-refractivity contribution in [2.75, 3.05) is 30.4 Å². The molecule has 0 saturated carbocycles. The summed E-state index contributed by atoms with van der Waals surface area (Å²) in [5.41, 5.74) is 7.13. The fraction of sp³-hybridized carbons (Fsp3) is 0.500. The average molecular weight is 455 g/mol. The zero-order chi connectivity index (χ0) is 23.4. The number of pyridine rings is 1. The highest BCUT2D eigenvalue weighted by Gasteiger charge is 2.39. The van der Waals surface area contributed by atoms with E-state index in [1.54, 1.807) is 7.11 Å². The summed E-state index contributed by atoms with van der Waals surface area (Å²) in [4.78, 5) is 19.7. The van der Waals surface area contributed by atoms with Gasteiger partial charge in [0.25, 0.3) is 5.91 Å². The number of rotatable bonds is 7. The molecular weight excluding hydrogens is 420 g/mol. The van der Waals surface area contributed by atoms with Gasteiger partial charge in [0.15, 0.2) is 0 Å². The standard InChI is InChI=1S/C24H34N6O3/c1-16-12-20(26-21-14-17(2)28-29-21)27-22(13-16)30-10-8-24(32,9-11-30)23(31)25-15-18-4-6-19(33-3)7-5-18/h4-7,12-13,17,21,28-29,32H,8-11,14-15H2,1-3H3,(H,25,31)(H,26,27). The molecule has 33 heavy (non-hydrogen) atoms. The Bertz CT molecular complexity index is 959. The van der Waals surface area contributed by atoms with Crippen molar-refractivity contribution < 1.29 is 14.6 Å². The summed E-state index contributed by atoms with van der Waals surface area (Å²) < 4.78 is 5.16. The van der Waals surface area contributed by atoms with Gasteiger partial charge < -0.3 is 25.4 Å². The molecule has 3 heterocycles. The third-order valence-corrected chi connectivity index (χ3v) is 6.32. The third kappa shape index (κ3) is 5.73. The zero-order valence-electron chi connectivity index (χ0n) is 19.5. The third-order valence-electron chi connectivity index (χ3n) is 6.32. The summed E-state index contributed by atoms with van der Waals surface area (Å²) >= 11 is 0. The average Bonchev–Trinajstić information content (AvgIpc) is 3.22. The van der Waals surface area contributed by atoms with E-state index in [1.165, 1.54) is 0 Å². The Hall–Kier alpha value is -2.88. The normalized spacial score (nSPS) is 22.1. The van der Waals surface area contributed by atoms with Gasteiger partial charge in [0, 0.05) is 38.5 Å². The fourth-order valence-electron chi connectivity index (χ4n) is 4.30. The molecule has 4 rings (SSSR count). The van der Waals surface area contributed by atoms with E-state index in [0.29, 0.717) is 38.5 Å². The highest BCUT2D eigenvalue weighted by Crippen LogP contribution is 2.27. The predicted molar refractivity (Wildman–Crippen MR) is 128 cm³/mol. The van der Waals surface area contributed by atoms with Crippen molar-refractivity contribution in [2.45, 2.75) is 57.5 Å². The van der Waals surface area contributed by atoms with Crippen LogP contribution >= 0.6 is 0 Å². The molecule has 1 amide bonds. The number of nitrogens with one attached hydrogen (secondary N) is 4. The van der Waals surface area contributed by atoms with E-state index in [-0.39, 0.29) is 12.1 Å². The second-order valence-electron chi connectivity index (χ2n) is 9.06. The molecule has 5 N–H and O–H groups in total. The fourth-order valence-corrected chi connectivity index (χ4v) is 4.30.